The first-order valence-electron chi connectivity index (χ1n) is 8.16. The van der Waals surface area contributed by atoms with Crippen LogP contribution in [0.15, 0.2) is 29.3 Å². The van der Waals surface area contributed by atoms with Crippen LogP contribution < -0.4 is 10.6 Å². The second-order valence-electron chi connectivity index (χ2n) is 5.80. The smallest absolute Gasteiger partial charge is 0.191 e. The van der Waals surface area contributed by atoms with Gasteiger partial charge in [0.2, 0.25) is 0 Å². The van der Waals surface area contributed by atoms with Crippen LogP contribution in [0.4, 0.5) is 0 Å². The van der Waals surface area contributed by atoms with Gasteiger partial charge in [0.1, 0.15) is 0 Å². The average molecular weight is 451 g/mol. The maximum atomic E-state index is 5.90. The van der Waals surface area contributed by atoms with Gasteiger partial charge in [0, 0.05) is 24.2 Å². The van der Waals surface area contributed by atoms with Crippen molar-refractivity contribution in [2.24, 2.45) is 4.99 Å². The molecule has 1 aliphatic rings. The van der Waals surface area contributed by atoms with Crippen molar-refractivity contribution in [1.29, 1.82) is 0 Å². The summed E-state index contributed by atoms with van der Waals surface area (Å²) < 4.78 is 0. The van der Waals surface area contributed by atoms with Crippen molar-refractivity contribution in [1.82, 2.24) is 15.5 Å². The maximum absolute atomic E-state index is 5.90. The lowest BCUT2D eigenvalue weighted by Gasteiger charge is -2.18. The molecule has 1 saturated heterocycles. The van der Waals surface area contributed by atoms with Gasteiger partial charge in [-0.15, -0.1) is 24.0 Å². The predicted octanol–water partition coefficient (Wildman–Crippen LogP) is 3.15. The highest BCUT2D eigenvalue weighted by Gasteiger charge is 2.20. The summed E-state index contributed by atoms with van der Waals surface area (Å²) in [5.74, 6) is 0.914. The largest absolute Gasteiger partial charge is 0.357 e. The molecule has 2 rings (SSSR count). The highest BCUT2D eigenvalue weighted by atomic mass is 127. The van der Waals surface area contributed by atoms with Crippen molar-refractivity contribution in [3.05, 3.63) is 34.9 Å². The highest BCUT2D eigenvalue weighted by Crippen LogP contribution is 2.14. The van der Waals surface area contributed by atoms with E-state index in [9.17, 15) is 0 Å². The fourth-order valence-corrected chi connectivity index (χ4v) is 2.85. The summed E-state index contributed by atoms with van der Waals surface area (Å²) in [6, 6.07) is 8.60. The van der Waals surface area contributed by atoms with Crippen LogP contribution >= 0.6 is 35.6 Å². The Hall–Kier alpha value is -0.530. The minimum Gasteiger partial charge on any atom is -0.357 e. The molecule has 23 heavy (non-hydrogen) atoms. The van der Waals surface area contributed by atoms with Gasteiger partial charge in [-0.05, 0) is 57.5 Å². The summed E-state index contributed by atoms with van der Waals surface area (Å²) in [7, 11) is 2.19. The van der Waals surface area contributed by atoms with Crippen molar-refractivity contribution in [2.75, 3.05) is 33.2 Å². The van der Waals surface area contributed by atoms with Gasteiger partial charge < -0.3 is 15.5 Å². The molecular weight excluding hydrogens is 423 g/mol. The van der Waals surface area contributed by atoms with Gasteiger partial charge in [0.25, 0.3) is 0 Å². The van der Waals surface area contributed by atoms with Crippen molar-refractivity contribution < 1.29 is 0 Å². The van der Waals surface area contributed by atoms with Crippen LogP contribution in [-0.4, -0.2) is 50.1 Å². The fraction of sp³-hybridized carbons (Fsp3) is 0.588. The second-order valence-corrected chi connectivity index (χ2v) is 6.24. The highest BCUT2D eigenvalue weighted by molar-refractivity contribution is 14.0. The minimum atomic E-state index is 0. The molecule has 0 aliphatic carbocycles. The molecule has 1 fully saturated rings. The molecule has 0 spiro atoms. The van der Waals surface area contributed by atoms with Crippen molar-refractivity contribution in [3.8, 4) is 0 Å². The van der Waals surface area contributed by atoms with Gasteiger partial charge >= 0.3 is 0 Å². The van der Waals surface area contributed by atoms with Gasteiger partial charge in [0.15, 0.2) is 5.96 Å². The number of likely N-dealkylation sites (N-methyl/N-ethyl adjacent to an activating group) is 1. The van der Waals surface area contributed by atoms with E-state index in [0.717, 1.165) is 37.0 Å². The zero-order valence-electron chi connectivity index (χ0n) is 14.0. The van der Waals surface area contributed by atoms with Crippen LogP contribution in [0.1, 0.15) is 25.3 Å². The number of nitrogens with zero attached hydrogens (tertiary/aromatic N) is 2. The lowest BCUT2D eigenvalue weighted by Crippen LogP contribution is -2.39. The first-order valence-corrected chi connectivity index (χ1v) is 8.53. The Bertz CT molecular complexity index is 478. The lowest BCUT2D eigenvalue weighted by atomic mass is 10.1. The Morgan fingerprint density at radius 1 is 1.30 bits per heavy atom. The normalized spacial score (nSPS) is 18.6. The number of aliphatic imine (C=N–C) groups is 1. The summed E-state index contributed by atoms with van der Waals surface area (Å²) in [5.41, 5.74) is 1.28. The maximum Gasteiger partial charge on any atom is 0.191 e. The predicted molar refractivity (Wildman–Crippen MR) is 110 cm³/mol. The summed E-state index contributed by atoms with van der Waals surface area (Å²) in [5, 5.41) is 7.51. The minimum absolute atomic E-state index is 0. The van der Waals surface area contributed by atoms with Crippen molar-refractivity contribution >= 4 is 41.5 Å². The third-order valence-corrected chi connectivity index (χ3v) is 4.35. The zero-order valence-corrected chi connectivity index (χ0v) is 17.1. The summed E-state index contributed by atoms with van der Waals surface area (Å²) in [6.07, 6.45) is 3.51. The topological polar surface area (TPSA) is 39.7 Å². The van der Waals surface area contributed by atoms with Crippen LogP contribution in [0.3, 0.4) is 0 Å². The molecule has 1 aromatic carbocycles. The Labute approximate surface area is 162 Å². The monoisotopic (exact) mass is 450 g/mol. The molecule has 0 saturated carbocycles. The Morgan fingerprint density at radius 2 is 2.04 bits per heavy atom. The van der Waals surface area contributed by atoms with Crippen LogP contribution in [-0.2, 0) is 6.42 Å². The molecule has 0 bridgehead atoms. The fourth-order valence-electron chi connectivity index (χ4n) is 2.72. The number of nitrogens with one attached hydrogen (secondary N) is 2. The van der Waals surface area contributed by atoms with Crippen LogP contribution in [0.2, 0.25) is 5.02 Å². The third kappa shape index (κ3) is 7.27. The number of hydrogen-bond donors (Lipinski definition) is 2. The molecule has 1 aliphatic heterocycles. The average Bonchev–Trinajstić information content (AvgIpc) is 2.92. The van der Waals surface area contributed by atoms with E-state index < -0.39 is 0 Å². The molecular formula is C17H28ClIN4. The number of likely N-dealkylation sites (tertiary alicyclic amines) is 1. The molecule has 1 atom stereocenters. The SMILES string of the molecule is CCNC(=NCC1CCCN1C)NCCc1ccc(Cl)cc1.I. The first-order chi connectivity index (χ1) is 10.7. The van der Waals surface area contributed by atoms with Gasteiger partial charge in [0.05, 0.1) is 6.54 Å². The molecule has 0 aromatic heterocycles. The molecule has 2 N–H and O–H groups in total. The Morgan fingerprint density at radius 3 is 2.65 bits per heavy atom. The van der Waals surface area contributed by atoms with Crippen molar-refractivity contribution in [3.63, 3.8) is 0 Å². The van der Waals surface area contributed by atoms with Crippen LogP contribution in [0.25, 0.3) is 0 Å². The van der Waals surface area contributed by atoms with E-state index in [4.69, 9.17) is 16.6 Å². The van der Waals surface area contributed by atoms with E-state index in [1.807, 2.05) is 12.1 Å². The van der Waals surface area contributed by atoms with Gasteiger partial charge in [-0.25, -0.2) is 0 Å². The van der Waals surface area contributed by atoms with E-state index in [-0.39, 0.29) is 24.0 Å². The van der Waals surface area contributed by atoms with Crippen molar-refractivity contribution in [2.45, 2.75) is 32.2 Å². The molecule has 0 amide bonds. The number of rotatable bonds is 6. The molecule has 130 valence electrons. The molecule has 1 unspecified atom stereocenters. The summed E-state index contributed by atoms with van der Waals surface area (Å²) in [6.45, 7) is 5.91. The third-order valence-electron chi connectivity index (χ3n) is 4.10. The molecule has 4 nitrogen and oxygen atoms in total. The quantitative estimate of drug-likeness (QED) is 0.397. The summed E-state index contributed by atoms with van der Waals surface area (Å²) >= 11 is 5.90. The number of halogens is 2. The van der Waals surface area contributed by atoms with E-state index in [1.54, 1.807) is 0 Å². The Balaban J connectivity index is 0.00000264. The summed E-state index contributed by atoms with van der Waals surface area (Å²) in [4.78, 5) is 7.13. The first kappa shape index (κ1) is 20.5. The molecule has 0 radical (unpaired) electrons. The van der Waals surface area contributed by atoms with Crippen LogP contribution in [0, 0.1) is 0 Å². The molecule has 6 heteroatoms. The standard InChI is InChI=1S/C17H27ClN4.HI/c1-3-19-17(21-13-16-5-4-12-22(16)2)20-11-10-14-6-8-15(18)9-7-14;/h6-9,16H,3-5,10-13H2,1-2H3,(H2,19,20,21);1H. The number of guanidine groups is 1. The van der Waals surface area contributed by atoms with E-state index in [0.29, 0.717) is 6.04 Å². The molecule has 1 heterocycles. The van der Waals surface area contributed by atoms with E-state index >= 15 is 0 Å². The zero-order chi connectivity index (χ0) is 15.8. The van der Waals surface area contributed by atoms with E-state index in [1.165, 1.54) is 24.9 Å². The van der Waals surface area contributed by atoms with Gasteiger partial charge in [-0.3, -0.25) is 4.99 Å². The molecule has 1 aromatic rings. The lowest BCUT2D eigenvalue weighted by molar-refractivity contribution is 0.317. The van der Waals surface area contributed by atoms with Gasteiger partial charge in [-0.2, -0.15) is 0 Å². The number of hydrogen-bond acceptors (Lipinski definition) is 2. The van der Waals surface area contributed by atoms with Gasteiger partial charge in [-0.1, -0.05) is 23.7 Å². The van der Waals surface area contributed by atoms with Crippen LogP contribution in [0.5, 0.6) is 0 Å². The Kier molecular flexibility index (Phi) is 9.90. The van der Waals surface area contributed by atoms with E-state index in [2.05, 4.69) is 41.6 Å². The number of benzene rings is 1. The second kappa shape index (κ2) is 11.1.